The second kappa shape index (κ2) is 9.86. The maximum absolute atomic E-state index is 13.2. The predicted molar refractivity (Wildman–Crippen MR) is 113 cm³/mol. The lowest BCUT2D eigenvalue weighted by Gasteiger charge is -2.25. The molecule has 0 aliphatic heterocycles. The number of benzene rings is 2. The van der Waals surface area contributed by atoms with E-state index >= 15 is 0 Å². The summed E-state index contributed by atoms with van der Waals surface area (Å²) in [7, 11) is 2.06. The summed E-state index contributed by atoms with van der Waals surface area (Å²) in [4.78, 5) is 2.26. The minimum atomic E-state index is -4.84. The van der Waals surface area contributed by atoms with Crippen LogP contribution in [0.5, 0.6) is 0 Å². The van der Waals surface area contributed by atoms with Gasteiger partial charge in [0, 0.05) is 12.6 Å². The molecule has 176 valence electrons. The van der Waals surface area contributed by atoms with Gasteiger partial charge in [-0.05, 0) is 62.3 Å². The summed E-state index contributed by atoms with van der Waals surface area (Å²) >= 11 is 0. The monoisotopic (exact) mass is 457 g/mol. The van der Waals surface area contributed by atoms with Crippen LogP contribution in [-0.2, 0) is 13.0 Å². The summed E-state index contributed by atoms with van der Waals surface area (Å²) in [5.41, 5.74) is 2.83. The summed E-state index contributed by atoms with van der Waals surface area (Å²) in [6, 6.07) is 17.6. The Bertz CT molecular complexity index is 821. The van der Waals surface area contributed by atoms with Crippen LogP contribution in [0.1, 0.15) is 48.8 Å². The molecule has 3 rings (SSSR count). The second-order valence-corrected chi connectivity index (χ2v) is 8.99. The molecule has 1 nitrogen and oxygen atoms in total. The molecule has 0 saturated heterocycles. The number of hydrogen-bond donors (Lipinski definition) is 0. The van der Waals surface area contributed by atoms with E-state index in [0.717, 1.165) is 24.9 Å². The number of hydrogen-bond acceptors (Lipinski definition) is 1. The van der Waals surface area contributed by atoms with Crippen LogP contribution in [0.15, 0.2) is 54.6 Å². The lowest BCUT2D eigenvalue weighted by Crippen LogP contribution is -2.35. The number of aryl methyl sites for hydroxylation is 1. The highest BCUT2D eigenvalue weighted by molar-refractivity contribution is 5.27. The first kappa shape index (κ1) is 24.6. The molecule has 7 heteroatoms. The van der Waals surface area contributed by atoms with Gasteiger partial charge >= 0.3 is 12.4 Å². The molecule has 1 saturated carbocycles. The molecule has 0 N–H and O–H groups in total. The standard InChI is InChI=1S/C25H29F6N/c1-17(32(2)16-19-6-4-3-5-7-19)8-9-18-10-12-20(13-11-18)21-14-22(24(26,27)28)23(15-21)25(29,30)31/h3-7,10-13,17,21-23H,8-9,14-16H2,1-2H3. The molecular weight excluding hydrogens is 428 g/mol. The molecule has 0 heterocycles. The molecule has 0 spiro atoms. The Kier molecular flexibility index (Phi) is 7.58. The highest BCUT2D eigenvalue weighted by atomic mass is 19.4. The van der Waals surface area contributed by atoms with Crippen LogP contribution in [-0.4, -0.2) is 30.3 Å². The van der Waals surface area contributed by atoms with Gasteiger partial charge in [0.2, 0.25) is 0 Å². The van der Waals surface area contributed by atoms with Gasteiger partial charge in [0.15, 0.2) is 0 Å². The fraction of sp³-hybridized carbons (Fsp3) is 0.520. The van der Waals surface area contributed by atoms with E-state index in [1.807, 2.05) is 30.3 Å². The van der Waals surface area contributed by atoms with Crippen LogP contribution in [0.3, 0.4) is 0 Å². The Hall–Kier alpha value is -2.02. The molecule has 2 aromatic rings. The third-order valence-corrected chi connectivity index (χ3v) is 6.73. The van der Waals surface area contributed by atoms with Crippen molar-refractivity contribution in [1.82, 2.24) is 4.90 Å². The molecule has 3 unspecified atom stereocenters. The van der Waals surface area contributed by atoms with Crippen LogP contribution in [0, 0.1) is 11.8 Å². The Balaban J connectivity index is 1.57. The minimum absolute atomic E-state index is 0.324. The smallest absolute Gasteiger partial charge is 0.299 e. The van der Waals surface area contributed by atoms with E-state index in [9.17, 15) is 26.3 Å². The normalized spacial score (nSPS) is 23.0. The van der Waals surface area contributed by atoms with Gasteiger partial charge in [-0.1, -0.05) is 54.6 Å². The van der Waals surface area contributed by atoms with Gasteiger partial charge in [0.25, 0.3) is 0 Å². The first-order valence-corrected chi connectivity index (χ1v) is 10.9. The van der Waals surface area contributed by atoms with E-state index < -0.39 is 42.9 Å². The van der Waals surface area contributed by atoms with Crippen LogP contribution in [0.2, 0.25) is 0 Å². The number of rotatable bonds is 7. The van der Waals surface area contributed by atoms with Crippen LogP contribution < -0.4 is 0 Å². The summed E-state index contributed by atoms with van der Waals surface area (Å²) in [6.45, 7) is 2.98. The zero-order valence-electron chi connectivity index (χ0n) is 18.3. The summed E-state index contributed by atoms with van der Waals surface area (Å²) in [5.74, 6) is -5.38. The molecule has 0 amide bonds. The van der Waals surface area contributed by atoms with Crippen LogP contribution >= 0.6 is 0 Å². The van der Waals surface area contributed by atoms with Gasteiger partial charge < -0.3 is 0 Å². The molecule has 1 aliphatic carbocycles. The van der Waals surface area contributed by atoms with Gasteiger partial charge in [-0.15, -0.1) is 0 Å². The van der Waals surface area contributed by atoms with Crippen molar-refractivity contribution in [2.45, 2.75) is 63.5 Å². The van der Waals surface area contributed by atoms with Crippen LogP contribution in [0.4, 0.5) is 26.3 Å². The Morgan fingerprint density at radius 1 is 0.812 bits per heavy atom. The molecule has 2 aromatic carbocycles. The van der Waals surface area contributed by atoms with E-state index in [1.165, 1.54) is 5.56 Å². The molecule has 0 radical (unpaired) electrons. The number of halogens is 6. The topological polar surface area (TPSA) is 3.24 Å². The van der Waals surface area contributed by atoms with E-state index in [2.05, 4.69) is 31.0 Å². The van der Waals surface area contributed by atoms with Crippen molar-refractivity contribution in [3.63, 3.8) is 0 Å². The van der Waals surface area contributed by atoms with Crippen molar-refractivity contribution in [2.24, 2.45) is 11.8 Å². The Morgan fingerprint density at radius 2 is 1.34 bits per heavy atom. The molecule has 3 atom stereocenters. The Labute approximate surface area is 185 Å². The zero-order chi connectivity index (χ0) is 23.5. The Morgan fingerprint density at radius 3 is 1.84 bits per heavy atom. The lowest BCUT2D eigenvalue weighted by molar-refractivity contribution is -0.245. The van der Waals surface area contributed by atoms with Gasteiger partial charge in [0.05, 0.1) is 11.8 Å². The summed E-state index contributed by atoms with van der Waals surface area (Å²) < 4.78 is 79.0. The first-order valence-electron chi connectivity index (χ1n) is 10.9. The van der Waals surface area contributed by atoms with Crippen molar-refractivity contribution in [3.05, 3.63) is 71.3 Å². The highest BCUT2D eigenvalue weighted by Gasteiger charge is 2.59. The molecule has 0 aromatic heterocycles. The molecule has 1 aliphatic rings. The van der Waals surface area contributed by atoms with Gasteiger partial charge in [0.1, 0.15) is 0 Å². The van der Waals surface area contributed by atoms with E-state index in [4.69, 9.17) is 0 Å². The largest absolute Gasteiger partial charge is 0.392 e. The maximum atomic E-state index is 13.2. The zero-order valence-corrected chi connectivity index (χ0v) is 18.3. The average Bonchev–Trinajstić information content (AvgIpc) is 3.20. The number of alkyl halides is 6. The van der Waals surface area contributed by atoms with Crippen molar-refractivity contribution in [1.29, 1.82) is 0 Å². The van der Waals surface area contributed by atoms with Gasteiger partial charge in [-0.3, -0.25) is 4.90 Å². The molecule has 0 bridgehead atoms. The highest BCUT2D eigenvalue weighted by Crippen LogP contribution is 2.54. The second-order valence-electron chi connectivity index (χ2n) is 8.99. The number of nitrogens with zero attached hydrogens (tertiary/aromatic N) is 1. The van der Waals surface area contributed by atoms with Crippen molar-refractivity contribution < 1.29 is 26.3 Å². The van der Waals surface area contributed by atoms with E-state index in [1.54, 1.807) is 12.1 Å². The molecular formula is C25H29F6N. The molecule has 1 fully saturated rings. The van der Waals surface area contributed by atoms with E-state index in [-0.39, 0.29) is 0 Å². The quantitative estimate of drug-likeness (QED) is 0.392. The summed E-state index contributed by atoms with van der Waals surface area (Å²) in [5, 5.41) is 0. The predicted octanol–water partition coefficient (Wildman–Crippen LogP) is 7.37. The lowest BCUT2D eigenvalue weighted by atomic mass is 9.94. The average molecular weight is 458 g/mol. The third-order valence-electron chi connectivity index (χ3n) is 6.73. The van der Waals surface area contributed by atoms with Crippen molar-refractivity contribution in [3.8, 4) is 0 Å². The minimum Gasteiger partial charge on any atom is -0.299 e. The van der Waals surface area contributed by atoms with Gasteiger partial charge in [-0.25, -0.2) is 0 Å². The third kappa shape index (κ3) is 6.27. The van der Waals surface area contributed by atoms with Crippen LogP contribution in [0.25, 0.3) is 0 Å². The van der Waals surface area contributed by atoms with Gasteiger partial charge in [-0.2, -0.15) is 26.3 Å². The fourth-order valence-electron chi connectivity index (χ4n) is 4.61. The van der Waals surface area contributed by atoms with E-state index in [0.29, 0.717) is 11.6 Å². The fourth-order valence-corrected chi connectivity index (χ4v) is 4.61. The maximum Gasteiger partial charge on any atom is 0.392 e. The SMILES string of the molecule is CC(CCc1ccc(C2CC(C(F)(F)F)C(C(F)(F)F)C2)cc1)N(C)Cc1ccccc1. The first-order chi connectivity index (χ1) is 14.9. The van der Waals surface area contributed by atoms with Crippen molar-refractivity contribution >= 4 is 0 Å². The summed E-state index contributed by atoms with van der Waals surface area (Å²) in [6.07, 6.45) is -8.99. The van der Waals surface area contributed by atoms with Crippen molar-refractivity contribution in [2.75, 3.05) is 7.05 Å². The molecule has 32 heavy (non-hydrogen) atoms.